The number of carboxylic acids is 6. The molecule has 18 heteroatoms. The molecule has 0 saturated heterocycles. The van der Waals surface area contributed by atoms with Gasteiger partial charge in [0.15, 0.2) is 0 Å². The quantitative estimate of drug-likeness (QED) is 0.165. The van der Waals surface area contributed by atoms with Gasteiger partial charge in [-0.1, -0.05) is 0 Å². The van der Waals surface area contributed by atoms with Crippen molar-refractivity contribution in [3.8, 4) is 0 Å². The van der Waals surface area contributed by atoms with Crippen LogP contribution in [0.1, 0.15) is 20.8 Å². The van der Waals surface area contributed by atoms with Crippen molar-refractivity contribution >= 4 is 35.8 Å². The van der Waals surface area contributed by atoms with Crippen molar-refractivity contribution in [2.75, 3.05) is 19.6 Å². The SMILES string of the molecule is C[C@H](N)C(=O)O.C[C@H](N)C(=O)O.C[C@H](N)C(=O)O.NCC(=O)O.NCC(=O)O.NCC(=O)O. The molecule has 0 bridgehead atoms. The van der Waals surface area contributed by atoms with Gasteiger partial charge in [-0.2, -0.15) is 0 Å². The molecule has 0 aromatic carbocycles. The summed E-state index contributed by atoms with van der Waals surface area (Å²) in [5.74, 6) is -5.79. The standard InChI is InChI=1S/3C3H7NO2.3C2H5NO2/c3*1-2(4)3(5)6;3*3-1-2(4)5/h3*2H,4H2,1H3,(H,5,6);3*1,3H2,(H,4,5)/t3*2-;;;/m000.../s1. The normalized spacial score (nSPS) is 10.8. The fourth-order valence-electron chi connectivity index (χ4n) is 0. The fourth-order valence-corrected chi connectivity index (χ4v) is 0. The highest BCUT2D eigenvalue weighted by Gasteiger charge is 2.00. The van der Waals surface area contributed by atoms with Gasteiger partial charge in [-0.25, -0.2) is 0 Å². The predicted octanol–water partition coefficient (Wildman–Crippen LogP) is -4.66. The Morgan fingerprint density at radius 1 is 0.485 bits per heavy atom. The summed E-state index contributed by atoms with van der Waals surface area (Å²) >= 11 is 0. The van der Waals surface area contributed by atoms with E-state index in [1.54, 1.807) is 0 Å². The van der Waals surface area contributed by atoms with E-state index in [9.17, 15) is 28.8 Å². The molecule has 0 fully saturated rings. The minimum Gasteiger partial charge on any atom is -0.480 e. The Hall–Kier alpha value is -3.42. The van der Waals surface area contributed by atoms with Gasteiger partial charge >= 0.3 is 35.8 Å². The van der Waals surface area contributed by atoms with Crippen LogP contribution >= 0.6 is 0 Å². The van der Waals surface area contributed by atoms with Crippen molar-refractivity contribution in [3.63, 3.8) is 0 Å². The number of nitrogens with two attached hydrogens (primary N) is 6. The molecule has 0 aromatic rings. The maximum absolute atomic E-state index is 9.57. The summed E-state index contributed by atoms with van der Waals surface area (Å²) in [6.45, 7) is 3.42. The number of hydrogen-bond donors (Lipinski definition) is 12. The van der Waals surface area contributed by atoms with Gasteiger partial charge in [-0.3, -0.25) is 28.8 Å². The van der Waals surface area contributed by atoms with Crippen LogP contribution in [-0.4, -0.2) is 104 Å². The number of hydrogen-bond acceptors (Lipinski definition) is 12. The smallest absolute Gasteiger partial charge is 0.320 e. The number of aliphatic carboxylic acids is 6. The molecule has 18 N–H and O–H groups in total. The molecule has 0 aliphatic heterocycles. The van der Waals surface area contributed by atoms with Gasteiger partial charge in [-0.15, -0.1) is 0 Å². The van der Waals surface area contributed by atoms with Crippen molar-refractivity contribution in [2.24, 2.45) is 34.4 Å². The van der Waals surface area contributed by atoms with E-state index in [0.717, 1.165) is 0 Å². The van der Waals surface area contributed by atoms with Crippen LogP contribution in [-0.2, 0) is 28.8 Å². The van der Waals surface area contributed by atoms with Crippen molar-refractivity contribution in [3.05, 3.63) is 0 Å². The van der Waals surface area contributed by atoms with Gasteiger partial charge in [0.2, 0.25) is 0 Å². The second-order valence-electron chi connectivity index (χ2n) is 5.17. The van der Waals surface area contributed by atoms with Gasteiger partial charge < -0.3 is 65.0 Å². The first kappa shape index (κ1) is 43.5. The van der Waals surface area contributed by atoms with Crippen LogP contribution in [0.4, 0.5) is 0 Å². The Balaban J connectivity index is -0.0000000664. The first-order valence-corrected chi connectivity index (χ1v) is 8.45. The Bertz CT molecular complexity index is 479. The minimum absolute atomic E-state index is 0.278. The molecule has 0 rings (SSSR count). The molecule has 0 heterocycles. The fraction of sp³-hybridized carbons (Fsp3) is 0.600. The lowest BCUT2D eigenvalue weighted by Gasteiger charge is -1.90. The summed E-state index contributed by atoms with van der Waals surface area (Å²) in [5, 5.41) is 46.4. The summed E-state index contributed by atoms with van der Waals surface area (Å²) < 4.78 is 0. The van der Waals surface area contributed by atoms with Crippen LogP contribution in [0.2, 0.25) is 0 Å². The Morgan fingerprint density at radius 3 is 0.545 bits per heavy atom. The largest absolute Gasteiger partial charge is 0.480 e. The van der Waals surface area contributed by atoms with E-state index >= 15 is 0 Å². The third-order valence-corrected chi connectivity index (χ3v) is 1.69. The summed E-state index contributed by atoms with van der Waals surface area (Å²) in [6.07, 6.45) is 0. The highest BCUT2D eigenvalue weighted by Crippen LogP contribution is 1.69. The molecule has 0 saturated carbocycles. The first-order chi connectivity index (χ1) is 14.7. The zero-order valence-electron chi connectivity index (χ0n) is 18.5. The summed E-state index contributed by atoms with van der Waals surface area (Å²) in [6, 6.07) is -2.19. The minimum atomic E-state index is -0.968. The monoisotopic (exact) mass is 492 g/mol. The molecule has 0 aliphatic carbocycles. The van der Waals surface area contributed by atoms with Crippen molar-refractivity contribution in [1.82, 2.24) is 0 Å². The maximum Gasteiger partial charge on any atom is 0.320 e. The van der Waals surface area contributed by atoms with Crippen molar-refractivity contribution in [1.29, 1.82) is 0 Å². The molecule has 18 nitrogen and oxygen atoms in total. The molecule has 0 radical (unpaired) electrons. The van der Waals surface area contributed by atoms with Crippen LogP contribution in [0.25, 0.3) is 0 Å². The van der Waals surface area contributed by atoms with Crippen LogP contribution in [0, 0.1) is 0 Å². The van der Waals surface area contributed by atoms with Crippen LogP contribution in [0.3, 0.4) is 0 Å². The van der Waals surface area contributed by atoms with E-state index < -0.39 is 53.9 Å². The highest BCUT2D eigenvalue weighted by atomic mass is 16.4. The molecular formula is C15H36N6O12. The van der Waals surface area contributed by atoms with E-state index in [0.29, 0.717) is 0 Å². The lowest BCUT2D eigenvalue weighted by atomic mass is 10.4. The number of carboxylic acid groups (broad SMARTS) is 6. The van der Waals surface area contributed by atoms with E-state index in [2.05, 4.69) is 17.2 Å². The van der Waals surface area contributed by atoms with Gasteiger partial charge in [0.1, 0.15) is 18.1 Å². The molecule has 33 heavy (non-hydrogen) atoms. The maximum atomic E-state index is 9.57. The van der Waals surface area contributed by atoms with E-state index in [1.165, 1.54) is 20.8 Å². The average molecular weight is 492 g/mol. The van der Waals surface area contributed by atoms with Gasteiger partial charge in [-0.05, 0) is 20.8 Å². The van der Waals surface area contributed by atoms with E-state index in [1.807, 2.05) is 0 Å². The first-order valence-electron chi connectivity index (χ1n) is 8.45. The van der Waals surface area contributed by atoms with Crippen molar-refractivity contribution < 1.29 is 59.4 Å². The third-order valence-electron chi connectivity index (χ3n) is 1.69. The average Bonchev–Trinajstić information content (AvgIpc) is 2.69. The summed E-state index contributed by atoms with van der Waals surface area (Å²) in [7, 11) is 0. The van der Waals surface area contributed by atoms with Crippen LogP contribution < -0.4 is 34.4 Å². The molecule has 0 unspecified atom stereocenters. The molecule has 3 atom stereocenters. The number of carbonyl (C=O) groups is 6. The number of rotatable bonds is 6. The molecule has 0 spiro atoms. The van der Waals surface area contributed by atoms with Crippen LogP contribution in [0.5, 0.6) is 0 Å². The lowest BCUT2D eigenvalue weighted by molar-refractivity contribution is -0.139. The second-order valence-corrected chi connectivity index (χ2v) is 5.17. The van der Waals surface area contributed by atoms with E-state index in [4.69, 9.17) is 47.8 Å². The topological polar surface area (TPSA) is 380 Å². The van der Waals surface area contributed by atoms with Gasteiger partial charge in [0.05, 0.1) is 19.6 Å². The summed E-state index contributed by atoms with van der Waals surface area (Å²) in [4.78, 5) is 56.5. The Kier molecular flexibility index (Phi) is 40.5. The molecule has 198 valence electrons. The predicted molar refractivity (Wildman–Crippen MR) is 114 cm³/mol. The molecule has 0 amide bonds. The second kappa shape index (κ2) is 30.8. The lowest BCUT2D eigenvalue weighted by Crippen LogP contribution is -2.25. The zero-order chi connectivity index (χ0) is 28.3. The summed E-state index contributed by atoms with van der Waals surface area (Å²) in [5.41, 5.74) is 28.2. The Labute approximate surface area is 189 Å². The molecule has 0 aliphatic rings. The van der Waals surface area contributed by atoms with Crippen LogP contribution in [0.15, 0.2) is 0 Å². The third kappa shape index (κ3) is 95.0. The Morgan fingerprint density at radius 2 is 0.545 bits per heavy atom. The molecule has 0 aromatic heterocycles. The highest BCUT2D eigenvalue weighted by molar-refractivity contribution is 5.73. The van der Waals surface area contributed by atoms with Gasteiger partial charge in [0, 0.05) is 0 Å². The van der Waals surface area contributed by atoms with E-state index in [-0.39, 0.29) is 19.6 Å². The zero-order valence-corrected chi connectivity index (χ0v) is 18.5. The van der Waals surface area contributed by atoms with Crippen molar-refractivity contribution in [2.45, 2.75) is 38.9 Å². The van der Waals surface area contributed by atoms with Gasteiger partial charge in [0.25, 0.3) is 0 Å². The molecular weight excluding hydrogens is 456 g/mol.